The second-order valence-electron chi connectivity index (χ2n) is 9.56. The Morgan fingerprint density at radius 3 is 1.27 bits per heavy atom. The quantitative estimate of drug-likeness (QED) is 0.131. The predicted octanol–water partition coefficient (Wildman–Crippen LogP) is 9.36. The van der Waals surface area contributed by atoms with Gasteiger partial charge in [0, 0.05) is 18.6 Å². The van der Waals surface area contributed by atoms with Crippen LogP contribution in [0.2, 0.25) is 0 Å². The summed E-state index contributed by atoms with van der Waals surface area (Å²) < 4.78 is 2.36. The van der Waals surface area contributed by atoms with Gasteiger partial charge in [0.15, 0.2) is 12.4 Å². The summed E-state index contributed by atoms with van der Waals surface area (Å²) in [6, 6.07) is 4.69. The number of hydrogen-bond acceptors (Lipinski definition) is 0. The van der Waals surface area contributed by atoms with Crippen LogP contribution in [0.3, 0.4) is 0 Å². The van der Waals surface area contributed by atoms with E-state index in [4.69, 9.17) is 0 Å². The number of aromatic nitrogens is 1. The number of nitrogens with zero attached hydrogens (tertiary/aromatic N) is 1. The van der Waals surface area contributed by atoms with Crippen molar-refractivity contribution in [2.24, 2.45) is 0 Å². The molecule has 0 saturated heterocycles. The molecule has 1 heteroatoms. The van der Waals surface area contributed by atoms with Crippen LogP contribution < -0.4 is 4.57 Å². The third-order valence-corrected chi connectivity index (χ3v) is 6.55. The van der Waals surface area contributed by atoms with E-state index in [0.717, 1.165) is 0 Å². The average Bonchev–Trinajstić information content (AvgIpc) is 2.77. The van der Waals surface area contributed by atoms with Gasteiger partial charge < -0.3 is 0 Å². The van der Waals surface area contributed by atoms with Gasteiger partial charge in [-0.2, -0.15) is 0 Å². The van der Waals surface area contributed by atoms with E-state index in [0.29, 0.717) is 0 Å². The fourth-order valence-corrected chi connectivity index (χ4v) is 4.40. The molecule has 0 bridgehead atoms. The molecule has 1 rings (SSSR count). The number of pyridine rings is 1. The largest absolute Gasteiger partial charge is 0.205 e. The van der Waals surface area contributed by atoms with Gasteiger partial charge in [0.25, 0.3) is 0 Å². The van der Waals surface area contributed by atoms with Crippen molar-refractivity contribution in [3.05, 3.63) is 30.1 Å². The third-order valence-electron chi connectivity index (χ3n) is 6.55. The van der Waals surface area contributed by atoms with Gasteiger partial charge in [-0.3, -0.25) is 0 Å². The fourth-order valence-electron chi connectivity index (χ4n) is 4.40. The van der Waals surface area contributed by atoms with Crippen molar-refractivity contribution in [1.82, 2.24) is 0 Å². The standard InChI is InChI=1S/C29H54N/c1-3-5-7-9-10-11-12-13-14-15-16-17-18-19-21-23-29-24-27-30(28-25-29)26-22-20-8-6-4-2/h24-25,27-28H,3-23,26H2,1-2H3/q+1. The first-order valence-electron chi connectivity index (χ1n) is 13.8. The van der Waals surface area contributed by atoms with Crippen LogP contribution in [0.4, 0.5) is 0 Å². The van der Waals surface area contributed by atoms with E-state index >= 15 is 0 Å². The SMILES string of the molecule is CCCCCCCCCCCCCCCCCc1cc[n+](CCCCCCC)cc1. The molecule has 174 valence electrons. The highest BCUT2D eigenvalue weighted by Gasteiger charge is 2.01. The number of aryl methyl sites for hydroxylation is 2. The summed E-state index contributed by atoms with van der Waals surface area (Å²) in [5.41, 5.74) is 1.52. The summed E-state index contributed by atoms with van der Waals surface area (Å²) in [5, 5.41) is 0. The van der Waals surface area contributed by atoms with Gasteiger partial charge in [0.05, 0.1) is 0 Å². The summed E-state index contributed by atoms with van der Waals surface area (Å²) in [7, 11) is 0. The highest BCUT2D eigenvalue weighted by atomic mass is 14.9. The molecule has 0 amide bonds. The molecule has 0 aliphatic heterocycles. The second-order valence-corrected chi connectivity index (χ2v) is 9.56. The van der Waals surface area contributed by atoms with E-state index in [1.807, 2.05) is 0 Å². The molecule has 0 aromatic carbocycles. The lowest BCUT2D eigenvalue weighted by Gasteiger charge is -2.04. The fraction of sp³-hybridized carbons (Fsp3) is 0.828. The van der Waals surface area contributed by atoms with Gasteiger partial charge >= 0.3 is 0 Å². The lowest BCUT2D eigenvalue weighted by atomic mass is 10.0. The van der Waals surface area contributed by atoms with Crippen LogP contribution in [-0.2, 0) is 13.0 Å². The zero-order chi connectivity index (χ0) is 21.5. The van der Waals surface area contributed by atoms with Crippen LogP contribution in [0.15, 0.2) is 24.5 Å². The van der Waals surface area contributed by atoms with Crippen LogP contribution in [0.25, 0.3) is 0 Å². The van der Waals surface area contributed by atoms with Gasteiger partial charge in [-0.25, -0.2) is 4.57 Å². The highest BCUT2D eigenvalue weighted by Crippen LogP contribution is 2.14. The lowest BCUT2D eigenvalue weighted by molar-refractivity contribution is -0.697. The Morgan fingerprint density at radius 1 is 0.467 bits per heavy atom. The van der Waals surface area contributed by atoms with Crippen LogP contribution >= 0.6 is 0 Å². The Kier molecular flexibility index (Phi) is 19.4. The Labute approximate surface area is 190 Å². The molecular weight excluding hydrogens is 362 g/mol. The number of unbranched alkanes of at least 4 members (excludes halogenated alkanes) is 18. The van der Waals surface area contributed by atoms with Crippen LogP contribution in [0.1, 0.15) is 148 Å². The van der Waals surface area contributed by atoms with Crippen molar-refractivity contribution in [3.63, 3.8) is 0 Å². The third kappa shape index (κ3) is 16.9. The zero-order valence-corrected chi connectivity index (χ0v) is 20.8. The second kappa shape index (κ2) is 21.4. The van der Waals surface area contributed by atoms with Crippen molar-refractivity contribution in [2.45, 2.75) is 155 Å². The maximum atomic E-state index is 2.36. The Morgan fingerprint density at radius 2 is 0.833 bits per heavy atom. The van der Waals surface area contributed by atoms with Crippen molar-refractivity contribution >= 4 is 0 Å². The van der Waals surface area contributed by atoms with Crippen LogP contribution in [0, 0.1) is 0 Å². The lowest BCUT2D eigenvalue weighted by Crippen LogP contribution is -2.32. The molecule has 1 aromatic rings. The summed E-state index contributed by atoms with van der Waals surface area (Å²) in [4.78, 5) is 0. The van der Waals surface area contributed by atoms with E-state index < -0.39 is 0 Å². The summed E-state index contributed by atoms with van der Waals surface area (Å²) >= 11 is 0. The molecule has 1 heterocycles. The van der Waals surface area contributed by atoms with E-state index in [-0.39, 0.29) is 0 Å². The molecular formula is C29H54N+. The maximum Gasteiger partial charge on any atom is 0.169 e. The molecule has 0 aliphatic carbocycles. The molecule has 0 saturated carbocycles. The monoisotopic (exact) mass is 416 g/mol. The number of hydrogen-bond donors (Lipinski definition) is 0. The van der Waals surface area contributed by atoms with E-state index in [1.54, 1.807) is 0 Å². The Hall–Kier alpha value is -0.850. The molecule has 1 nitrogen and oxygen atoms in total. The Balaban J connectivity index is 1.85. The van der Waals surface area contributed by atoms with E-state index in [1.165, 1.54) is 147 Å². The zero-order valence-electron chi connectivity index (χ0n) is 20.8. The van der Waals surface area contributed by atoms with Crippen LogP contribution in [0.5, 0.6) is 0 Å². The minimum Gasteiger partial charge on any atom is -0.205 e. The summed E-state index contributed by atoms with van der Waals surface area (Å²) in [6.07, 6.45) is 34.3. The van der Waals surface area contributed by atoms with E-state index in [9.17, 15) is 0 Å². The predicted molar refractivity (Wildman–Crippen MR) is 134 cm³/mol. The van der Waals surface area contributed by atoms with Gasteiger partial charge in [-0.15, -0.1) is 0 Å². The average molecular weight is 417 g/mol. The molecule has 0 radical (unpaired) electrons. The topological polar surface area (TPSA) is 3.88 Å². The Bertz CT molecular complexity index is 450. The molecule has 0 aliphatic rings. The van der Waals surface area contributed by atoms with Crippen molar-refractivity contribution < 1.29 is 4.57 Å². The van der Waals surface area contributed by atoms with Gasteiger partial charge in [-0.1, -0.05) is 123 Å². The first-order chi connectivity index (χ1) is 14.9. The molecule has 0 fully saturated rings. The first kappa shape index (κ1) is 27.2. The molecule has 0 spiro atoms. The highest BCUT2D eigenvalue weighted by molar-refractivity contribution is 5.07. The molecule has 30 heavy (non-hydrogen) atoms. The molecule has 0 unspecified atom stereocenters. The van der Waals surface area contributed by atoms with Crippen molar-refractivity contribution in [2.75, 3.05) is 0 Å². The summed E-state index contributed by atoms with van der Waals surface area (Å²) in [6.45, 7) is 5.77. The van der Waals surface area contributed by atoms with Crippen LogP contribution in [-0.4, -0.2) is 0 Å². The summed E-state index contributed by atoms with van der Waals surface area (Å²) in [5.74, 6) is 0. The van der Waals surface area contributed by atoms with Gasteiger partial charge in [0.1, 0.15) is 6.54 Å². The maximum absolute atomic E-state index is 2.36. The molecule has 0 atom stereocenters. The minimum absolute atomic E-state index is 1.18. The number of rotatable bonds is 22. The normalized spacial score (nSPS) is 11.3. The molecule has 0 N–H and O–H groups in total. The van der Waals surface area contributed by atoms with Crippen molar-refractivity contribution in [3.8, 4) is 0 Å². The smallest absolute Gasteiger partial charge is 0.169 e. The first-order valence-corrected chi connectivity index (χ1v) is 13.8. The van der Waals surface area contributed by atoms with E-state index in [2.05, 4.69) is 42.9 Å². The minimum atomic E-state index is 1.18. The van der Waals surface area contributed by atoms with Gasteiger partial charge in [0.2, 0.25) is 0 Å². The molecule has 1 aromatic heterocycles. The van der Waals surface area contributed by atoms with Gasteiger partial charge in [-0.05, 0) is 24.8 Å². The van der Waals surface area contributed by atoms with Crippen molar-refractivity contribution in [1.29, 1.82) is 0 Å².